The summed E-state index contributed by atoms with van der Waals surface area (Å²) in [5.74, 6) is -0.0542. The van der Waals surface area contributed by atoms with Crippen LogP contribution in [0.4, 0.5) is 4.39 Å². The first kappa shape index (κ1) is 19.6. The van der Waals surface area contributed by atoms with Crippen LogP contribution in [-0.2, 0) is 17.9 Å². The smallest absolute Gasteiger partial charge is 0.222 e. The maximum atomic E-state index is 13.1. The SMILES string of the molecule is CN(Cc1cccc2ccccc12)C1CCC(=O)N(Cc2ccc(F)cc2)CC1. The molecule has 1 heterocycles. The van der Waals surface area contributed by atoms with Crippen molar-refractivity contribution >= 4 is 16.7 Å². The second kappa shape index (κ2) is 8.75. The van der Waals surface area contributed by atoms with Crippen molar-refractivity contribution in [3.8, 4) is 0 Å². The van der Waals surface area contributed by atoms with Gasteiger partial charge in [0.1, 0.15) is 5.82 Å². The molecule has 1 aliphatic heterocycles. The predicted octanol–water partition coefficient (Wildman–Crippen LogP) is 4.99. The molecule has 0 saturated carbocycles. The normalized spacial score (nSPS) is 17.7. The molecule has 1 amide bonds. The zero-order chi connectivity index (χ0) is 20.2. The van der Waals surface area contributed by atoms with Gasteiger partial charge in [-0.2, -0.15) is 0 Å². The molecule has 3 aromatic carbocycles. The van der Waals surface area contributed by atoms with Gasteiger partial charge in [-0.15, -0.1) is 0 Å². The zero-order valence-corrected chi connectivity index (χ0v) is 16.9. The van der Waals surface area contributed by atoms with E-state index in [-0.39, 0.29) is 11.7 Å². The Morgan fingerprint density at radius 2 is 1.76 bits per heavy atom. The van der Waals surface area contributed by atoms with Gasteiger partial charge in [0.25, 0.3) is 0 Å². The molecule has 3 nitrogen and oxygen atoms in total. The molecule has 4 heteroatoms. The Kier molecular flexibility index (Phi) is 5.91. The van der Waals surface area contributed by atoms with Gasteiger partial charge < -0.3 is 4.90 Å². The minimum Gasteiger partial charge on any atom is -0.338 e. The highest BCUT2D eigenvalue weighted by Gasteiger charge is 2.25. The van der Waals surface area contributed by atoms with E-state index in [0.717, 1.165) is 31.5 Å². The lowest BCUT2D eigenvalue weighted by molar-refractivity contribution is -0.131. The molecule has 0 aromatic heterocycles. The van der Waals surface area contributed by atoms with Crippen LogP contribution in [-0.4, -0.2) is 35.3 Å². The van der Waals surface area contributed by atoms with Gasteiger partial charge in [-0.05, 0) is 53.9 Å². The Labute approximate surface area is 171 Å². The lowest BCUT2D eigenvalue weighted by Gasteiger charge is -2.27. The van der Waals surface area contributed by atoms with Gasteiger partial charge in [0, 0.05) is 32.1 Å². The number of likely N-dealkylation sites (tertiary alicyclic amines) is 1. The van der Waals surface area contributed by atoms with E-state index < -0.39 is 0 Å². The van der Waals surface area contributed by atoms with E-state index in [9.17, 15) is 9.18 Å². The average Bonchev–Trinajstić information content (AvgIpc) is 2.92. The minimum atomic E-state index is -0.244. The summed E-state index contributed by atoms with van der Waals surface area (Å²) in [6, 6.07) is 21.8. The molecule has 0 bridgehead atoms. The fourth-order valence-electron chi connectivity index (χ4n) is 4.27. The number of benzene rings is 3. The van der Waals surface area contributed by atoms with Crippen LogP contribution < -0.4 is 0 Å². The van der Waals surface area contributed by atoms with Crippen molar-refractivity contribution in [3.05, 3.63) is 83.7 Å². The molecule has 150 valence electrons. The average molecular weight is 391 g/mol. The second-order valence-electron chi connectivity index (χ2n) is 7.98. The summed E-state index contributed by atoms with van der Waals surface area (Å²) in [7, 11) is 2.16. The molecular formula is C25H27FN2O. The van der Waals surface area contributed by atoms with Crippen LogP contribution in [0.5, 0.6) is 0 Å². The Hall–Kier alpha value is -2.72. The van der Waals surface area contributed by atoms with Gasteiger partial charge in [0.2, 0.25) is 5.91 Å². The third-order valence-electron chi connectivity index (χ3n) is 5.99. The lowest BCUT2D eigenvalue weighted by Crippen LogP contribution is -2.33. The fraction of sp³-hybridized carbons (Fsp3) is 0.320. The summed E-state index contributed by atoms with van der Waals surface area (Å²) in [6.45, 7) is 2.16. The van der Waals surface area contributed by atoms with E-state index in [4.69, 9.17) is 0 Å². The fourth-order valence-corrected chi connectivity index (χ4v) is 4.27. The van der Waals surface area contributed by atoms with Crippen LogP contribution in [0.1, 0.15) is 30.4 Å². The highest BCUT2D eigenvalue weighted by atomic mass is 19.1. The summed E-state index contributed by atoms with van der Waals surface area (Å²) in [5.41, 5.74) is 2.30. The monoisotopic (exact) mass is 390 g/mol. The second-order valence-corrected chi connectivity index (χ2v) is 7.98. The standard InChI is InChI=1S/C25H27FN2O/c1-27(18-21-7-4-6-20-5-2-3-8-24(20)21)23-13-14-25(29)28(16-15-23)17-19-9-11-22(26)12-10-19/h2-12,23H,13-18H2,1H3. The molecule has 0 spiro atoms. The molecule has 1 fully saturated rings. The molecular weight excluding hydrogens is 363 g/mol. The quantitative estimate of drug-likeness (QED) is 0.613. The molecule has 3 aromatic rings. The third kappa shape index (κ3) is 4.65. The summed E-state index contributed by atoms with van der Waals surface area (Å²) in [5, 5.41) is 2.56. The molecule has 0 radical (unpaired) electrons. The van der Waals surface area contributed by atoms with Crippen LogP contribution >= 0.6 is 0 Å². The molecule has 4 rings (SSSR count). The van der Waals surface area contributed by atoms with Crippen LogP contribution in [0.2, 0.25) is 0 Å². The number of hydrogen-bond donors (Lipinski definition) is 0. The Morgan fingerprint density at radius 1 is 1.00 bits per heavy atom. The van der Waals surface area contributed by atoms with Gasteiger partial charge in [0.05, 0.1) is 0 Å². The summed E-state index contributed by atoms with van der Waals surface area (Å²) in [6.07, 6.45) is 2.39. The number of amides is 1. The van der Waals surface area contributed by atoms with Crippen LogP contribution in [0.15, 0.2) is 66.7 Å². The van der Waals surface area contributed by atoms with E-state index in [2.05, 4.69) is 54.4 Å². The van der Waals surface area contributed by atoms with Crippen LogP contribution in [0.25, 0.3) is 10.8 Å². The highest BCUT2D eigenvalue weighted by Crippen LogP contribution is 2.24. The Bertz CT molecular complexity index is 980. The minimum absolute atomic E-state index is 0.190. The van der Waals surface area contributed by atoms with E-state index in [1.54, 1.807) is 12.1 Å². The van der Waals surface area contributed by atoms with E-state index in [1.165, 1.54) is 28.5 Å². The molecule has 0 aliphatic carbocycles. The first-order valence-corrected chi connectivity index (χ1v) is 10.3. The van der Waals surface area contributed by atoms with Crippen molar-refractivity contribution in [2.24, 2.45) is 0 Å². The molecule has 1 aliphatic rings. The van der Waals surface area contributed by atoms with Crippen molar-refractivity contribution in [2.75, 3.05) is 13.6 Å². The van der Waals surface area contributed by atoms with Gasteiger partial charge >= 0.3 is 0 Å². The summed E-state index contributed by atoms with van der Waals surface area (Å²) >= 11 is 0. The van der Waals surface area contributed by atoms with Crippen molar-refractivity contribution < 1.29 is 9.18 Å². The number of halogens is 1. The van der Waals surface area contributed by atoms with Crippen molar-refractivity contribution in [1.29, 1.82) is 0 Å². The van der Waals surface area contributed by atoms with Crippen LogP contribution in [0, 0.1) is 5.82 Å². The first-order valence-electron chi connectivity index (χ1n) is 10.3. The first-order chi connectivity index (χ1) is 14.1. The molecule has 0 N–H and O–H groups in total. The molecule has 1 saturated heterocycles. The van der Waals surface area contributed by atoms with Crippen molar-refractivity contribution in [2.45, 2.75) is 38.4 Å². The maximum absolute atomic E-state index is 13.1. The number of carbonyl (C=O) groups excluding carboxylic acids is 1. The number of nitrogens with zero attached hydrogens (tertiary/aromatic N) is 2. The number of hydrogen-bond acceptors (Lipinski definition) is 2. The van der Waals surface area contributed by atoms with Crippen molar-refractivity contribution in [1.82, 2.24) is 9.80 Å². The van der Waals surface area contributed by atoms with Gasteiger partial charge in [-0.3, -0.25) is 9.69 Å². The van der Waals surface area contributed by atoms with Gasteiger partial charge in [-0.25, -0.2) is 4.39 Å². The predicted molar refractivity (Wildman–Crippen MR) is 115 cm³/mol. The van der Waals surface area contributed by atoms with Crippen molar-refractivity contribution in [3.63, 3.8) is 0 Å². The van der Waals surface area contributed by atoms with E-state index in [0.29, 0.717) is 19.0 Å². The number of fused-ring (bicyclic) bond motifs is 1. The Balaban J connectivity index is 1.42. The number of rotatable bonds is 5. The third-order valence-corrected chi connectivity index (χ3v) is 5.99. The van der Waals surface area contributed by atoms with Gasteiger partial charge in [-0.1, -0.05) is 54.6 Å². The molecule has 1 atom stereocenters. The summed E-state index contributed by atoms with van der Waals surface area (Å²) < 4.78 is 13.1. The zero-order valence-electron chi connectivity index (χ0n) is 16.9. The highest BCUT2D eigenvalue weighted by molar-refractivity contribution is 5.85. The molecule has 29 heavy (non-hydrogen) atoms. The maximum Gasteiger partial charge on any atom is 0.222 e. The van der Waals surface area contributed by atoms with E-state index in [1.807, 2.05) is 4.90 Å². The Morgan fingerprint density at radius 3 is 2.59 bits per heavy atom. The lowest BCUT2D eigenvalue weighted by atomic mass is 10.0. The van der Waals surface area contributed by atoms with Gasteiger partial charge in [0.15, 0.2) is 0 Å². The van der Waals surface area contributed by atoms with E-state index >= 15 is 0 Å². The number of carbonyl (C=O) groups is 1. The topological polar surface area (TPSA) is 23.6 Å². The summed E-state index contributed by atoms with van der Waals surface area (Å²) in [4.78, 5) is 16.9. The largest absolute Gasteiger partial charge is 0.338 e. The molecule has 1 unspecified atom stereocenters. The van der Waals surface area contributed by atoms with Crippen LogP contribution in [0.3, 0.4) is 0 Å².